The fourth-order valence-corrected chi connectivity index (χ4v) is 4.24. The molecule has 0 unspecified atom stereocenters. The van der Waals surface area contributed by atoms with E-state index in [4.69, 9.17) is 5.11 Å². The Kier molecular flexibility index (Phi) is 6.07. The van der Waals surface area contributed by atoms with Crippen molar-refractivity contribution in [3.05, 3.63) is 71.1 Å². The molecule has 2 N–H and O–H groups in total. The van der Waals surface area contributed by atoms with Crippen LogP contribution in [0.25, 0.3) is 6.08 Å². The molecule has 1 aliphatic carbocycles. The van der Waals surface area contributed by atoms with Gasteiger partial charge < -0.3 is 10.4 Å². The normalized spacial score (nSPS) is 23.1. The zero-order valence-corrected chi connectivity index (χ0v) is 16.9. The van der Waals surface area contributed by atoms with E-state index in [0.29, 0.717) is 18.0 Å². The molecule has 2 fully saturated rings. The Labute approximate surface area is 172 Å². The first-order chi connectivity index (χ1) is 14.1. The molecular formula is C24H29N3O2. The first-order valence-corrected chi connectivity index (χ1v) is 10.5. The highest BCUT2D eigenvalue weighted by Gasteiger charge is 2.39. The van der Waals surface area contributed by atoms with E-state index in [-0.39, 0.29) is 5.56 Å². The standard InChI is InChI=1S/C24H29N3O2/c1-17(13-18-5-3-2-4-6-18)22-14-23(22)26-20-9-11-27(12-10-20)16-21-8-7-19(15-25-21)24(28)29/h2-8,13,15,20,22-23,26H,9-12,14,16H2,1H3,(H,28,29)/t22-,23+/m0/s1. The quantitative estimate of drug-likeness (QED) is 0.751. The number of hydrogen-bond acceptors (Lipinski definition) is 4. The first kappa shape index (κ1) is 19.8. The Balaban J connectivity index is 1.21. The number of piperidine rings is 1. The Morgan fingerprint density at radius 2 is 1.97 bits per heavy atom. The smallest absolute Gasteiger partial charge is 0.337 e. The van der Waals surface area contributed by atoms with Crippen molar-refractivity contribution in [3.8, 4) is 0 Å². The van der Waals surface area contributed by atoms with Gasteiger partial charge >= 0.3 is 5.97 Å². The van der Waals surface area contributed by atoms with Crippen LogP contribution in [0, 0.1) is 5.92 Å². The van der Waals surface area contributed by atoms with Crippen molar-refractivity contribution in [2.24, 2.45) is 5.92 Å². The number of nitrogens with zero attached hydrogens (tertiary/aromatic N) is 2. The van der Waals surface area contributed by atoms with Crippen LogP contribution in [-0.4, -0.2) is 46.1 Å². The number of carbonyl (C=O) groups is 1. The maximum absolute atomic E-state index is 10.9. The van der Waals surface area contributed by atoms with Gasteiger partial charge in [0.25, 0.3) is 0 Å². The van der Waals surface area contributed by atoms with E-state index >= 15 is 0 Å². The Morgan fingerprint density at radius 1 is 1.21 bits per heavy atom. The minimum absolute atomic E-state index is 0.243. The third-order valence-corrected chi connectivity index (χ3v) is 6.06. The van der Waals surface area contributed by atoms with E-state index in [1.165, 1.54) is 23.8 Å². The molecule has 0 amide bonds. The predicted octanol–water partition coefficient (Wildman–Crippen LogP) is 3.83. The largest absolute Gasteiger partial charge is 0.478 e. The first-order valence-electron chi connectivity index (χ1n) is 10.5. The lowest BCUT2D eigenvalue weighted by molar-refractivity contribution is 0.0696. The molecular weight excluding hydrogens is 362 g/mol. The number of aromatic carboxylic acids is 1. The van der Waals surface area contributed by atoms with Crippen LogP contribution in [0.15, 0.2) is 54.2 Å². The number of carboxylic acid groups (broad SMARTS) is 1. The van der Waals surface area contributed by atoms with Gasteiger partial charge in [-0.15, -0.1) is 0 Å². The van der Waals surface area contributed by atoms with E-state index in [0.717, 1.165) is 38.2 Å². The number of hydrogen-bond donors (Lipinski definition) is 2. The molecule has 1 aromatic carbocycles. The van der Waals surface area contributed by atoms with Crippen molar-refractivity contribution >= 4 is 12.0 Å². The summed E-state index contributed by atoms with van der Waals surface area (Å²) in [5.41, 5.74) is 3.94. The van der Waals surface area contributed by atoms with Crippen LogP contribution in [0.4, 0.5) is 0 Å². The van der Waals surface area contributed by atoms with Crippen molar-refractivity contribution < 1.29 is 9.90 Å². The maximum atomic E-state index is 10.9. The van der Waals surface area contributed by atoms with Crippen molar-refractivity contribution in [2.75, 3.05) is 13.1 Å². The van der Waals surface area contributed by atoms with E-state index < -0.39 is 5.97 Å². The fourth-order valence-electron chi connectivity index (χ4n) is 4.24. The van der Waals surface area contributed by atoms with Gasteiger partial charge in [-0.1, -0.05) is 42.0 Å². The molecule has 2 aromatic rings. The molecule has 1 aromatic heterocycles. The van der Waals surface area contributed by atoms with Crippen molar-refractivity contribution in [3.63, 3.8) is 0 Å². The molecule has 0 spiro atoms. The van der Waals surface area contributed by atoms with Gasteiger partial charge in [-0.2, -0.15) is 0 Å². The van der Waals surface area contributed by atoms with Gasteiger partial charge in [0.15, 0.2) is 0 Å². The molecule has 5 nitrogen and oxygen atoms in total. The number of aromatic nitrogens is 1. The van der Waals surface area contributed by atoms with E-state index in [9.17, 15) is 4.79 Å². The van der Waals surface area contributed by atoms with Gasteiger partial charge in [0.2, 0.25) is 0 Å². The molecule has 29 heavy (non-hydrogen) atoms. The van der Waals surface area contributed by atoms with Gasteiger partial charge in [-0.05, 0) is 49.8 Å². The highest BCUT2D eigenvalue weighted by Crippen LogP contribution is 2.38. The average Bonchev–Trinajstić information content (AvgIpc) is 3.50. The molecule has 0 bridgehead atoms. The number of pyridine rings is 1. The Hall–Kier alpha value is -2.50. The molecule has 152 valence electrons. The highest BCUT2D eigenvalue weighted by molar-refractivity contribution is 5.87. The third-order valence-electron chi connectivity index (χ3n) is 6.06. The average molecular weight is 392 g/mol. The van der Waals surface area contributed by atoms with Gasteiger partial charge in [0, 0.05) is 37.9 Å². The second-order valence-electron chi connectivity index (χ2n) is 8.31. The number of carboxylic acids is 1. The third kappa shape index (κ3) is 5.31. The van der Waals surface area contributed by atoms with Crippen LogP contribution in [0.2, 0.25) is 0 Å². The summed E-state index contributed by atoms with van der Waals surface area (Å²) in [7, 11) is 0. The number of nitrogens with one attached hydrogen (secondary N) is 1. The van der Waals surface area contributed by atoms with Crippen LogP contribution in [0.5, 0.6) is 0 Å². The second kappa shape index (κ2) is 8.89. The SMILES string of the molecule is CC(=Cc1ccccc1)[C@@H]1C[C@H]1NC1CCN(Cc2ccc(C(=O)O)cn2)CC1. The highest BCUT2D eigenvalue weighted by atomic mass is 16.4. The predicted molar refractivity (Wildman–Crippen MR) is 115 cm³/mol. The monoisotopic (exact) mass is 391 g/mol. The summed E-state index contributed by atoms with van der Waals surface area (Å²) in [6.45, 7) is 5.15. The molecule has 1 aliphatic heterocycles. The second-order valence-corrected chi connectivity index (χ2v) is 8.31. The van der Waals surface area contributed by atoms with E-state index in [2.05, 4.69) is 58.5 Å². The minimum atomic E-state index is -0.928. The van der Waals surface area contributed by atoms with E-state index in [1.807, 2.05) is 6.07 Å². The zero-order chi connectivity index (χ0) is 20.2. The molecule has 1 saturated carbocycles. The van der Waals surface area contributed by atoms with Crippen molar-refractivity contribution in [1.29, 1.82) is 0 Å². The Morgan fingerprint density at radius 3 is 2.62 bits per heavy atom. The lowest BCUT2D eigenvalue weighted by Crippen LogP contribution is -2.43. The molecule has 1 saturated heterocycles. The molecule has 5 heteroatoms. The molecule has 0 radical (unpaired) electrons. The van der Waals surface area contributed by atoms with Crippen LogP contribution >= 0.6 is 0 Å². The van der Waals surface area contributed by atoms with E-state index in [1.54, 1.807) is 6.07 Å². The summed E-state index contributed by atoms with van der Waals surface area (Å²) in [6.07, 6.45) is 7.31. The zero-order valence-electron chi connectivity index (χ0n) is 16.9. The topological polar surface area (TPSA) is 65.5 Å². The Bertz CT molecular complexity index is 855. The van der Waals surface area contributed by atoms with Crippen LogP contribution < -0.4 is 5.32 Å². The minimum Gasteiger partial charge on any atom is -0.478 e. The maximum Gasteiger partial charge on any atom is 0.337 e. The summed E-state index contributed by atoms with van der Waals surface area (Å²) >= 11 is 0. The van der Waals surface area contributed by atoms with Crippen molar-refractivity contribution in [1.82, 2.24) is 15.2 Å². The molecule has 2 heterocycles. The number of rotatable bonds is 7. The lowest BCUT2D eigenvalue weighted by atomic mass is 10.0. The van der Waals surface area contributed by atoms with Gasteiger partial charge in [-0.25, -0.2) is 4.79 Å². The van der Waals surface area contributed by atoms with Crippen LogP contribution in [-0.2, 0) is 6.54 Å². The van der Waals surface area contributed by atoms with Gasteiger partial charge in [-0.3, -0.25) is 9.88 Å². The van der Waals surface area contributed by atoms with Gasteiger partial charge in [0.05, 0.1) is 11.3 Å². The van der Waals surface area contributed by atoms with Crippen molar-refractivity contribution in [2.45, 2.75) is 44.8 Å². The summed E-state index contributed by atoms with van der Waals surface area (Å²) < 4.78 is 0. The fraction of sp³-hybridized carbons (Fsp3) is 0.417. The molecule has 2 aliphatic rings. The van der Waals surface area contributed by atoms with Crippen LogP contribution in [0.3, 0.4) is 0 Å². The number of likely N-dealkylation sites (tertiary alicyclic amines) is 1. The van der Waals surface area contributed by atoms with Crippen LogP contribution in [0.1, 0.15) is 47.8 Å². The molecule has 2 atom stereocenters. The van der Waals surface area contributed by atoms with Gasteiger partial charge in [0.1, 0.15) is 0 Å². The molecule has 4 rings (SSSR count). The lowest BCUT2D eigenvalue weighted by Gasteiger charge is -2.32. The summed E-state index contributed by atoms with van der Waals surface area (Å²) in [6, 6.07) is 15.2. The summed E-state index contributed by atoms with van der Waals surface area (Å²) in [4.78, 5) is 17.6. The number of benzene rings is 1. The summed E-state index contributed by atoms with van der Waals surface area (Å²) in [5.74, 6) is -0.256. The summed E-state index contributed by atoms with van der Waals surface area (Å²) in [5, 5.41) is 12.8.